The summed E-state index contributed by atoms with van der Waals surface area (Å²) >= 11 is 1.86. The highest BCUT2D eigenvalue weighted by Crippen LogP contribution is 2.33. The van der Waals surface area contributed by atoms with Crippen molar-refractivity contribution >= 4 is 23.4 Å². The van der Waals surface area contributed by atoms with E-state index in [1.807, 2.05) is 42.1 Å². The van der Waals surface area contributed by atoms with Crippen LogP contribution in [-0.4, -0.2) is 29.6 Å². The summed E-state index contributed by atoms with van der Waals surface area (Å²) in [6.45, 7) is 5.96. The van der Waals surface area contributed by atoms with Gasteiger partial charge in [0.25, 0.3) is 0 Å². The fourth-order valence-electron chi connectivity index (χ4n) is 3.48. The van der Waals surface area contributed by atoms with Gasteiger partial charge in [-0.15, -0.1) is 11.8 Å². The number of esters is 1. The van der Waals surface area contributed by atoms with Crippen molar-refractivity contribution in [2.24, 2.45) is 4.99 Å². The third-order valence-corrected chi connectivity index (χ3v) is 6.37. The van der Waals surface area contributed by atoms with Crippen LogP contribution < -0.4 is 0 Å². The van der Waals surface area contributed by atoms with Crippen LogP contribution in [0.5, 0.6) is 0 Å². The smallest absolute Gasteiger partial charge is 0.331 e. The van der Waals surface area contributed by atoms with Crippen LogP contribution in [0.25, 0.3) is 0 Å². The molecule has 0 amide bonds. The SMILES string of the molecule is C=CCOC(=O)[C@H](Cc1ccccc1)N=C1CCCCC1Sc1ccc(C)cc1. The van der Waals surface area contributed by atoms with E-state index in [2.05, 4.69) is 37.8 Å². The van der Waals surface area contributed by atoms with Gasteiger partial charge in [0.1, 0.15) is 6.61 Å². The molecular weight excluding hydrogens is 378 g/mol. The van der Waals surface area contributed by atoms with E-state index in [0.717, 1.165) is 30.5 Å². The maximum Gasteiger partial charge on any atom is 0.331 e. The van der Waals surface area contributed by atoms with E-state index in [0.29, 0.717) is 11.7 Å². The van der Waals surface area contributed by atoms with Crippen LogP contribution in [0.3, 0.4) is 0 Å². The van der Waals surface area contributed by atoms with Crippen LogP contribution in [0.2, 0.25) is 0 Å². The van der Waals surface area contributed by atoms with Gasteiger partial charge in [-0.05, 0) is 43.9 Å². The molecule has 0 aliphatic heterocycles. The first-order valence-electron chi connectivity index (χ1n) is 10.3. The molecule has 3 nitrogen and oxygen atoms in total. The second-order valence-electron chi connectivity index (χ2n) is 7.41. The van der Waals surface area contributed by atoms with Crippen molar-refractivity contribution in [1.29, 1.82) is 0 Å². The molecular formula is C25H29NO2S. The van der Waals surface area contributed by atoms with Crippen LogP contribution in [0.4, 0.5) is 0 Å². The molecule has 0 aromatic heterocycles. The van der Waals surface area contributed by atoms with E-state index in [4.69, 9.17) is 9.73 Å². The van der Waals surface area contributed by atoms with E-state index in [-0.39, 0.29) is 12.6 Å². The lowest BCUT2D eigenvalue weighted by atomic mass is 9.97. The number of carbonyl (C=O) groups is 1. The van der Waals surface area contributed by atoms with Crippen molar-refractivity contribution in [3.8, 4) is 0 Å². The highest BCUT2D eigenvalue weighted by atomic mass is 32.2. The lowest BCUT2D eigenvalue weighted by Crippen LogP contribution is -2.30. The van der Waals surface area contributed by atoms with Gasteiger partial charge in [0.15, 0.2) is 6.04 Å². The van der Waals surface area contributed by atoms with E-state index < -0.39 is 6.04 Å². The Labute approximate surface area is 178 Å². The molecule has 2 aromatic carbocycles. The first-order chi connectivity index (χ1) is 14.2. The zero-order valence-electron chi connectivity index (χ0n) is 17.0. The number of rotatable bonds is 8. The summed E-state index contributed by atoms with van der Waals surface area (Å²) in [4.78, 5) is 18.9. The molecule has 0 radical (unpaired) electrons. The number of benzene rings is 2. The van der Waals surface area contributed by atoms with Crippen molar-refractivity contribution < 1.29 is 9.53 Å². The van der Waals surface area contributed by atoms with Crippen LogP contribution in [0.15, 0.2) is 77.1 Å². The Morgan fingerprint density at radius 1 is 1.21 bits per heavy atom. The molecule has 1 saturated carbocycles. The normalized spacial score (nSPS) is 18.9. The molecule has 2 aromatic rings. The highest BCUT2D eigenvalue weighted by molar-refractivity contribution is 8.00. The minimum absolute atomic E-state index is 0.219. The molecule has 1 aliphatic rings. The van der Waals surface area contributed by atoms with Crippen molar-refractivity contribution in [3.05, 3.63) is 78.4 Å². The minimum Gasteiger partial charge on any atom is -0.460 e. The molecule has 1 unspecified atom stereocenters. The van der Waals surface area contributed by atoms with Gasteiger partial charge in [-0.1, -0.05) is 67.1 Å². The van der Waals surface area contributed by atoms with Crippen LogP contribution in [0.1, 0.15) is 36.8 Å². The molecule has 3 rings (SSSR count). The second-order valence-corrected chi connectivity index (χ2v) is 8.69. The van der Waals surface area contributed by atoms with Crippen LogP contribution in [0, 0.1) is 6.92 Å². The Hall–Kier alpha value is -2.33. The predicted octanol–water partition coefficient (Wildman–Crippen LogP) is 5.81. The number of aliphatic imine (C=N–C) groups is 1. The predicted molar refractivity (Wildman–Crippen MR) is 122 cm³/mol. The summed E-state index contributed by atoms with van der Waals surface area (Å²) in [6, 6.07) is 18.2. The van der Waals surface area contributed by atoms with E-state index in [1.54, 1.807) is 6.08 Å². The Morgan fingerprint density at radius 2 is 1.97 bits per heavy atom. The molecule has 0 saturated heterocycles. The Balaban J connectivity index is 1.80. The van der Waals surface area contributed by atoms with Gasteiger partial charge in [0, 0.05) is 22.3 Å². The number of carbonyl (C=O) groups excluding carboxylic acids is 1. The average Bonchev–Trinajstić information content (AvgIpc) is 2.75. The van der Waals surface area contributed by atoms with Crippen LogP contribution in [-0.2, 0) is 16.0 Å². The number of ether oxygens (including phenoxy) is 1. The van der Waals surface area contributed by atoms with Gasteiger partial charge >= 0.3 is 5.97 Å². The quantitative estimate of drug-likeness (QED) is 0.409. The molecule has 29 heavy (non-hydrogen) atoms. The summed E-state index contributed by atoms with van der Waals surface area (Å²) in [5.74, 6) is -0.272. The number of thioether (sulfide) groups is 1. The van der Waals surface area contributed by atoms with Gasteiger partial charge in [-0.2, -0.15) is 0 Å². The van der Waals surface area contributed by atoms with Crippen molar-refractivity contribution in [2.75, 3.05) is 6.61 Å². The third kappa shape index (κ3) is 6.60. The van der Waals surface area contributed by atoms with Crippen molar-refractivity contribution in [2.45, 2.75) is 55.2 Å². The number of hydrogen-bond donors (Lipinski definition) is 0. The zero-order chi connectivity index (χ0) is 20.5. The number of hydrogen-bond acceptors (Lipinski definition) is 4. The van der Waals surface area contributed by atoms with Crippen LogP contribution >= 0.6 is 11.8 Å². The molecule has 1 aliphatic carbocycles. The first-order valence-corrected chi connectivity index (χ1v) is 11.1. The summed E-state index contributed by atoms with van der Waals surface area (Å²) in [7, 11) is 0. The molecule has 4 heteroatoms. The van der Waals surface area contributed by atoms with E-state index >= 15 is 0 Å². The van der Waals surface area contributed by atoms with Gasteiger partial charge < -0.3 is 4.74 Å². The molecule has 2 atom stereocenters. The summed E-state index contributed by atoms with van der Waals surface area (Å²) in [6.07, 6.45) is 6.53. The Bertz CT molecular complexity index is 830. The summed E-state index contributed by atoms with van der Waals surface area (Å²) in [5.41, 5.74) is 3.49. The number of nitrogens with zero attached hydrogens (tertiary/aromatic N) is 1. The molecule has 152 valence electrons. The lowest BCUT2D eigenvalue weighted by molar-refractivity contribution is -0.143. The zero-order valence-corrected chi connectivity index (χ0v) is 17.9. The first kappa shape index (κ1) is 21.4. The van der Waals surface area contributed by atoms with Gasteiger partial charge in [-0.25, -0.2) is 4.79 Å². The fourth-order valence-corrected chi connectivity index (χ4v) is 4.70. The van der Waals surface area contributed by atoms with Gasteiger partial charge in [0.2, 0.25) is 0 Å². The average molecular weight is 408 g/mol. The largest absolute Gasteiger partial charge is 0.460 e. The fraction of sp³-hybridized carbons (Fsp3) is 0.360. The topological polar surface area (TPSA) is 38.7 Å². The van der Waals surface area contributed by atoms with Crippen molar-refractivity contribution in [3.63, 3.8) is 0 Å². The molecule has 0 spiro atoms. The maximum atomic E-state index is 12.7. The van der Waals surface area contributed by atoms with Crippen molar-refractivity contribution in [1.82, 2.24) is 0 Å². The lowest BCUT2D eigenvalue weighted by Gasteiger charge is -2.25. The molecule has 0 bridgehead atoms. The Kier molecular flexibility index (Phi) is 8.12. The van der Waals surface area contributed by atoms with Gasteiger partial charge in [-0.3, -0.25) is 4.99 Å². The maximum absolute atomic E-state index is 12.7. The minimum atomic E-state index is -0.508. The Morgan fingerprint density at radius 3 is 2.69 bits per heavy atom. The third-order valence-electron chi connectivity index (χ3n) is 5.03. The second kappa shape index (κ2) is 11.0. The monoisotopic (exact) mass is 407 g/mol. The molecule has 0 heterocycles. The number of aryl methyl sites for hydroxylation is 1. The van der Waals surface area contributed by atoms with E-state index in [1.165, 1.54) is 16.9 Å². The standard InChI is InChI=1S/C25H29NO2S/c1-3-17-28-25(27)23(18-20-9-5-4-6-10-20)26-22-11-7-8-12-24(22)29-21-15-13-19(2)14-16-21/h3-6,9-10,13-16,23-24H,1,7-8,11-12,17-18H2,2H3/t23-,24?/m0/s1. The van der Waals surface area contributed by atoms with Gasteiger partial charge in [0.05, 0.1) is 0 Å². The van der Waals surface area contributed by atoms with E-state index in [9.17, 15) is 4.79 Å². The summed E-state index contributed by atoms with van der Waals surface area (Å²) < 4.78 is 5.36. The molecule has 0 N–H and O–H groups in total. The highest BCUT2D eigenvalue weighted by Gasteiger charge is 2.26. The summed E-state index contributed by atoms with van der Waals surface area (Å²) in [5, 5.41) is 0.317. The molecule has 1 fully saturated rings.